The second-order valence-corrected chi connectivity index (χ2v) is 5.68. The maximum absolute atomic E-state index is 5.96. The molecule has 0 saturated carbocycles. The molecule has 3 nitrogen and oxygen atoms in total. The molecule has 0 spiro atoms. The molecule has 0 aliphatic heterocycles. The Morgan fingerprint density at radius 1 is 1.38 bits per heavy atom. The molecule has 1 heterocycles. The molecular weight excluding hydrogens is 200 g/mol. The summed E-state index contributed by atoms with van der Waals surface area (Å²) in [5.74, 6) is 1.14. The molecule has 0 fully saturated rings. The second kappa shape index (κ2) is 3.79. The summed E-state index contributed by atoms with van der Waals surface area (Å²) >= 11 is 0. The lowest BCUT2D eigenvalue weighted by atomic mass is 9.79. The van der Waals surface area contributed by atoms with Gasteiger partial charge in [0.1, 0.15) is 5.76 Å². The third-order valence-corrected chi connectivity index (χ3v) is 3.35. The third-order valence-electron chi connectivity index (χ3n) is 3.35. The van der Waals surface area contributed by atoms with Gasteiger partial charge in [-0.1, -0.05) is 13.8 Å². The fraction of sp³-hybridized carbons (Fsp3) is 0.769. The zero-order chi connectivity index (χ0) is 11.9. The Labute approximate surface area is 97.2 Å². The van der Waals surface area contributed by atoms with E-state index in [1.165, 1.54) is 18.5 Å². The number of oxazole rings is 1. The van der Waals surface area contributed by atoms with Crippen LogP contribution < -0.4 is 5.68 Å². The first-order valence-corrected chi connectivity index (χ1v) is 6.15. The summed E-state index contributed by atoms with van der Waals surface area (Å²) in [5.41, 5.74) is 2.27. The molecule has 0 atom stereocenters. The lowest BCUT2D eigenvalue weighted by Gasteiger charge is -2.27. The van der Waals surface area contributed by atoms with Crippen LogP contribution in [-0.4, -0.2) is 10.6 Å². The van der Waals surface area contributed by atoms with Crippen molar-refractivity contribution in [1.29, 1.82) is 0 Å². The molecule has 3 heteroatoms. The van der Waals surface area contributed by atoms with Crippen molar-refractivity contribution in [3.05, 3.63) is 17.1 Å². The first-order chi connectivity index (χ1) is 7.42. The standard InChI is InChI=1S/C13H22N2O/c1-9(2)14-12-15(5)10-7-6-8-13(3,4)11(10)16-12/h9H,6-8H2,1-5H3/b14-12-. The van der Waals surface area contributed by atoms with Gasteiger partial charge in [-0.3, -0.25) is 4.57 Å². The largest absolute Gasteiger partial charge is 0.428 e. The number of hydrogen-bond acceptors (Lipinski definition) is 2. The Kier molecular flexibility index (Phi) is 2.72. The average Bonchev–Trinajstić information content (AvgIpc) is 2.45. The SMILES string of the molecule is CC(C)/N=c1\oc2c(n1C)CCCC2(C)C. The van der Waals surface area contributed by atoms with Crippen LogP contribution in [0.4, 0.5) is 0 Å². The highest BCUT2D eigenvalue weighted by atomic mass is 16.4. The van der Waals surface area contributed by atoms with Gasteiger partial charge in [0.15, 0.2) is 0 Å². The molecule has 0 radical (unpaired) electrons. The predicted octanol–water partition coefficient (Wildman–Crippen LogP) is 2.54. The smallest absolute Gasteiger partial charge is 0.297 e. The summed E-state index contributed by atoms with van der Waals surface area (Å²) < 4.78 is 8.08. The van der Waals surface area contributed by atoms with Gasteiger partial charge in [0, 0.05) is 18.5 Å². The number of nitrogens with zero attached hydrogens (tertiary/aromatic N) is 2. The van der Waals surface area contributed by atoms with Crippen molar-refractivity contribution in [1.82, 2.24) is 4.57 Å². The van der Waals surface area contributed by atoms with Crippen LogP contribution in [0.5, 0.6) is 0 Å². The molecule has 0 unspecified atom stereocenters. The van der Waals surface area contributed by atoms with E-state index in [0.29, 0.717) is 0 Å². The predicted molar refractivity (Wildman–Crippen MR) is 64.3 cm³/mol. The summed E-state index contributed by atoms with van der Waals surface area (Å²) in [5, 5.41) is 0. The van der Waals surface area contributed by atoms with Crippen molar-refractivity contribution >= 4 is 0 Å². The van der Waals surface area contributed by atoms with Crippen molar-refractivity contribution in [2.75, 3.05) is 0 Å². The molecule has 1 aromatic heterocycles. The Morgan fingerprint density at radius 2 is 2.06 bits per heavy atom. The van der Waals surface area contributed by atoms with Gasteiger partial charge in [0.05, 0.1) is 5.69 Å². The maximum atomic E-state index is 5.96. The van der Waals surface area contributed by atoms with Crippen LogP contribution in [-0.2, 0) is 18.9 Å². The Hall–Kier alpha value is -0.990. The zero-order valence-electron chi connectivity index (χ0n) is 11.0. The Balaban J connectivity index is 2.59. The van der Waals surface area contributed by atoms with E-state index in [2.05, 4.69) is 44.3 Å². The van der Waals surface area contributed by atoms with E-state index >= 15 is 0 Å². The van der Waals surface area contributed by atoms with Crippen LogP contribution in [0.25, 0.3) is 0 Å². The van der Waals surface area contributed by atoms with Crippen LogP contribution in [0.15, 0.2) is 9.41 Å². The summed E-state index contributed by atoms with van der Waals surface area (Å²) in [6, 6.07) is 0.280. The molecule has 1 aromatic rings. The Bertz CT molecular complexity index is 449. The molecule has 90 valence electrons. The maximum Gasteiger partial charge on any atom is 0.297 e. The van der Waals surface area contributed by atoms with E-state index in [0.717, 1.165) is 17.9 Å². The average molecular weight is 222 g/mol. The number of rotatable bonds is 1. The molecule has 16 heavy (non-hydrogen) atoms. The van der Waals surface area contributed by atoms with Crippen molar-refractivity contribution < 1.29 is 4.42 Å². The van der Waals surface area contributed by atoms with E-state index < -0.39 is 0 Å². The highest BCUT2D eigenvalue weighted by Gasteiger charge is 2.32. The number of aromatic nitrogens is 1. The van der Waals surface area contributed by atoms with Crippen LogP contribution in [0.2, 0.25) is 0 Å². The van der Waals surface area contributed by atoms with Gasteiger partial charge in [-0.05, 0) is 33.1 Å². The summed E-state index contributed by atoms with van der Waals surface area (Å²) in [6.45, 7) is 8.67. The quantitative estimate of drug-likeness (QED) is 0.718. The van der Waals surface area contributed by atoms with Gasteiger partial charge in [-0.2, -0.15) is 0 Å². The summed E-state index contributed by atoms with van der Waals surface area (Å²) in [4.78, 5) is 4.53. The normalized spacial score (nSPS) is 20.2. The van der Waals surface area contributed by atoms with Crippen LogP contribution >= 0.6 is 0 Å². The highest BCUT2D eigenvalue weighted by molar-refractivity contribution is 5.21. The van der Waals surface area contributed by atoms with Gasteiger partial charge in [0.25, 0.3) is 5.68 Å². The first kappa shape index (κ1) is 11.5. The van der Waals surface area contributed by atoms with Crippen LogP contribution in [0, 0.1) is 0 Å². The van der Waals surface area contributed by atoms with Gasteiger partial charge >= 0.3 is 0 Å². The van der Waals surface area contributed by atoms with Gasteiger partial charge in [-0.15, -0.1) is 0 Å². The minimum absolute atomic E-state index is 0.163. The molecule has 0 N–H and O–H groups in total. The zero-order valence-corrected chi connectivity index (χ0v) is 11.0. The van der Waals surface area contributed by atoms with Crippen LogP contribution in [0.1, 0.15) is 52.0 Å². The van der Waals surface area contributed by atoms with Gasteiger partial charge in [-0.25, -0.2) is 4.99 Å². The van der Waals surface area contributed by atoms with Crippen molar-refractivity contribution in [2.45, 2.75) is 58.4 Å². The molecule has 2 rings (SSSR count). The van der Waals surface area contributed by atoms with E-state index in [9.17, 15) is 0 Å². The van der Waals surface area contributed by atoms with Crippen molar-refractivity contribution in [3.8, 4) is 0 Å². The molecule has 1 aliphatic carbocycles. The molecule has 0 bridgehead atoms. The van der Waals surface area contributed by atoms with Gasteiger partial charge in [0.2, 0.25) is 0 Å². The molecule has 1 aliphatic rings. The van der Waals surface area contributed by atoms with E-state index in [1.807, 2.05) is 0 Å². The van der Waals surface area contributed by atoms with Crippen LogP contribution in [0.3, 0.4) is 0 Å². The third kappa shape index (κ3) is 1.83. The minimum atomic E-state index is 0.163. The van der Waals surface area contributed by atoms with E-state index in [-0.39, 0.29) is 11.5 Å². The molecular formula is C13H22N2O. The minimum Gasteiger partial charge on any atom is -0.428 e. The number of hydrogen-bond donors (Lipinski definition) is 0. The Morgan fingerprint density at radius 3 is 2.62 bits per heavy atom. The fourth-order valence-corrected chi connectivity index (χ4v) is 2.44. The molecule has 0 saturated heterocycles. The number of fused-ring (bicyclic) bond motifs is 1. The first-order valence-electron chi connectivity index (χ1n) is 6.15. The molecule has 0 aromatic carbocycles. The topological polar surface area (TPSA) is 30.4 Å². The second-order valence-electron chi connectivity index (χ2n) is 5.68. The monoisotopic (exact) mass is 222 g/mol. The van der Waals surface area contributed by atoms with E-state index in [1.54, 1.807) is 0 Å². The van der Waals surface area contributed by atoms with Crippen molar-refractivity contribution in [2.24, 2.45) is 12.0 Å². The van der Waals surface area contributed by atoms with Crippen molar-refractivity contribution in [3.63, 3.8) is 0 Å². The molecule has 0 amide bonds. The summed E-state index contributed by atoms with van der Waals surface area (Å²) in [7, 11) is 2.06. The fourth-order valence-electron chi connectivity index (χ4n) is 2.44. The lowest BCUT2D eigenvalue weighted by Crippen LogP contribution is -2.24. The summed E-state index contributed by atoms with van der Waals surface area (Å²) in [6.07, 6.45) is 3.56. The van der Waals surface area contributed by atoms with E-state index in [4.69, 9.17) is 4.42 Å². The highest BCUT2D eigenvalue weighted by Crippen LogP contribution is 2.35. The van der Waals surface area contributed by atoms with Gasteiger partial charge < -0.3 is 4.42 Å². The lowest BCUT2D eigenvalue weighted by molar-refractivity contribution is 0.319.